The lowest BCUT2D eigenvalue weighted by molar-refractivity contribution is 0.0532. The predicted octanol–water partition coefficient (Wildman–Crippen LogP) is 4.40. The second-order valence-corrected chi connectivity index (χ2v) is 7.06. The van der Waals surface area contributed by atoms with Crippen LogP contribution in [-0.2, 0) is 4.74 Å². The highest BCUT2D eigenvalue weighted by Gasteiger charge is 2.12. The summed E-state index contributed by atoms with van der Waals surface area (Å²) < 4.78 is 6.01. The van der Waals surface area contributed by atoms with Gasteiger partial charge in [-0.3, -0.25) is 4.79 Å². The van der Waals surface area contributed by atoms with E-state index in [2.05, 4.69) is 5.32 Å². The van der Waals surface area contributed by atoms with Crippen LogP contribution >= 0.6 is 11.3 Å². The molecule has 0 fully saturated rings. The van der Waals surface area contributed by atoms with Crippen LogP contribution in [0.3, 0.4) is 0 Å². The molecule has 2 aromatic carbocycles. The Balaban J connectivity index is 1.77. The lowest BCUT2D eigenvalue weighted by atomic mass is 10.1. The number of amides is 1. The number of esters is 1. The SMILES string of the molecule is CCOC(=O)c1cc2cc(NC(=O)c3ccc(N(C)C)cc3)ccc2s1. The molecule has 0 radical (unpaired) electrons. The molecule has 0 aliphatic carbocycles. The molecule has 0 atom stereocenters. The van der Waals surface area contributed by atoms with Crippen molar-refractivity contribution in [1.29, 1.82) is 0 Å². The summed E-state index contributed by atoms with van der Waals surface area (Å²) in [5.74, 6) is -0.490. The minimum absolute atomic E-state index is 0.171. The van der Waals surface area contributed by atoms with Gasteiger partial charge in [-0.05, 0) is 60.8 Å². The van der Waals surface area contributed by atoms with Gasteiger partial charge in [-0.1, -0.05) is 0 Å². The fourth-order valence-electron chi connectivity index (χ4n) is 2.54. The van der Waals surface area contributed by atoms with Gasteiger partial charge in [0.1, 0.15) is 4.88 Å². The summed E-state index contributed by atoms with van der Waals surface area (Å²) >= 11 is 1.38. The maximum Gasteiger partial charge on any atom is 0.348 e. The topological polar surface area (TPSA) is 58.6 Å². The first-order chi connectivity index (χ1) is 12.5. The van der Waals surface area contributed by atoms with E-state index in [0.717, 1.165) is 15.8 Å². The Morgan fingerprint density at radius 2 is 1.81 bits per heavy atom. The van der Waals surface area contributed by atoms with E-state index in [-0.39, 0.29) is 11.9 Å². The van der Waals surface area contributed by atoms with Crippen molar-refractivity contribution in [3.63, 3.8) is 0 Å². The number of nitrogens with zero attached hydrogens (tertiary/aromatic N) is 1. The summed E-state index contributed by atoms with van der Waals surface area (Å²) in [6.07, 6.45) is 0. The van der Waals surface area contributed by atoms with Crippen molar-refractivity contribution in [2.24, 2.45) is 0 Å². The third-order valence-corrected chi connectivity index (χ3v) is 4.99. The zero-order valence-electron chi connectivity index (χ0n) is 14.9. The molecular formula is C20H20N2O3S. The van der Waals surface area contributed by atoms with Gasteiger partial charge < -0.3 is 15.0 Å². The number of anilines is 2. The molecule has 1 N–H and O–H groups in total. The van der Waals surface area contributed by atoms with Gasteiger partial charge in [-0.15, -0.1) is 11.3 Å². The highest BCUT2D eigenvalue weighted by Crippen LogP contribution is 2.29. The zero-order chi connectivity index (χ0) is 18.7. The van der Waals surface area contributed by atoms with Crippen LogP contribution < -0.4 is 10.2 Å². The molecule has 0 aliphatic heterocycles. The predicted molar refractivity (Wildman–Crippen MR) is 107 cm³/mol. The molecule has 0 saturated carbocycles. The van der Waals surface area contributed by atoms with Crippen molar-refractivity contribution >= 4 is 44.7 Å². The highest BCUT2D eigenvalue weighted by molar-refractivity contribution is 7.20. The maximum absolute atomic E-state index is 12.4. The normalized spacial score (nSPS) is 10.6. The lowest BCUT2D eigenvalue weighted by Gasteiger charge is -2.12. The quantitative estimate of drug-likeness (QED) is 0.678. The van der Waals surface area contributed by atoms with Gasteiger partial charge in [0.05, 0.1) is 6.61 Å². The monoisotopic (exact) mass is 368 g/mol. The summed E-state index contributed by atoms with van der Waals surface area (Å²) in [6.45, 7) is 2.13. The molecule has 26 heavy (non-hydrogen) atoms. The number of carbonyl (C=O) groups excluding carboxylic acids is 2. The van der Waals surface area contributed by atoms with Crippen LogP contribution in [0.4, 0.5) is 11.4 Å². The van der Waals surface area contributed by atoms with E-state index in [0.29, 0.717) is 22.7 Å². The first-order valence-electron chi connectivity index (χ1n) is 8.27. The van der Waals surface area contributed by atoms with E-state index in [9.17, 15) is 9.59 Å². The van der Waals surface area contributed by atoms with Gasteiger partial charge in [-0.2, -0.15) is 0 Å². The third kappa shape index (κ3) is 3.86. The Bertz CT molecular complexity index is 945. The van der Waals surface area contributed by atoms with Crippen LogP contribution in [0, 0.1) is 0 Å². The molecule has 0 unspecified atom stereocenters. The Hall–Kier alpha value is -2.86. The van der Waals surface area contributed by atoms with E-state index in [1.165, 1.54) is 11.3 Å². The summed E-state index contributed by atoms with van der Waals surface area (Å²) in [7, 11) is 3.91. The number of carbonyl (C=O) groups is 2. The van der Waals surface area contributed by atoms with Gasteiger partial charge in [-0.25, -0.2) is 4.79 Å². The van der Waals surface area contributed by atoms with E-state index < -0.39 is 0 Å². The molecule has 0 bridgehead atoms. The Morgan fingerprint density at radius 3 is 2.46 bits per heavy atom. The molecule has 3 rings (SSSR count). The molecule has 0 aliphatic rings. The molecular weight excluding hydrogens is 348 g/mol. The zero-order valence-corrected chi connectivity index (χ0v) is 15.7. The lowest BCUT2D eigenvalue weighted by Crippen LogP contribution is -2.13. The molecule has 0 spiro atoms. The smallest absolute Gasteiger partial charge is 0.348 e. The number of thiophene rings is 1. The molecule has 1 heterocycles. The number of benzene rings is 2. The van der Waals surface area contributed by atoms with Crippen LogP contribution in [0.15, 0.2) is 48.5 Å². The summed E-state index contributed by atoms with van der Waals surface area (Å²) in [5.41, 5.74) is 2.31. The van der Waals surface area contributed by atoms with Gasteiger partial charge in [0.25, 0.3) is 5.91 Å². The van der Waals surface area contributed by atoms with Crippen LogP contribution in [0.25, 0.3) is 10.1 Å². The minimum atomic E-state index is -0.319. The Morgan fingerprint density at radius 1 is 1.08 bits per heavy atom. The minimum Gasteiger partial charge on any atom is -0.462 e. The Kier molecular flexibility index (Phi) is 5.23. The van der Waals surface area contributed by atoms with Crippen molar-refractivity contribution < 1.29 is 14.3 Å². The average Bonchev–Trinajstić information content (AvgIpc) is 3.05. The van der Waals surface area contributed by atoms with Crippen molar-refractivity contribution in [2.45, 2.75) is 6.92 Å². The second kappa shape index (κ2) is 7.58. The van der Waals surface area contributed by atoms with Crippen molar-refractivity contribution in [1.82, 2.24) is 0 Å². The van der Waals surface area contributed by atoms with Crippen LogP contribution in [0.2, 0.25) is 0 Å². The molecule has 6 heteroatoms. The van der Waals surface area contributed by atoms with Crippen molar-refractivity contribution in [3.05, 3.63) is 59.0 Å². The van der Waals surface area contributed by atoms with Crippen LogP contribution in [0.5, 0.6) is 0 Å². The Labute approximate surface area is 156 Å². The maximum atomic E-state index is 12.4. The number of hydrogen-bond donors (Lipinski definition) is 1. The number of fused-ring (bicyclic) bond motifs is 1. The van der Waals surface area contributed by atoms with E-state index in [4.69, 9.17) is 4.74 Å². The summed E-state index contributed by atoms with van der Waals surface area (Å²) in [6, 6.07) is 14.8. The van der Waals surface area contributed by atoms with Gasteiger partial charge >= 0.3 is 5.97 Å². The average molecular weight is 368 g/mol. The third-order valence-electron chi connectivity index (χ3n) is 3.90. The van der Waals surface area contributed by atoms with E-state index >= 15 is 0 Å². The number of ether oxygens (including phenoxy) is 1. The fourth-order valence-corrected chi connectivity index (χ4v) is 3.48. The van der Waals surface area contributed by atoms with Gasteiger partial charge in [0.2, 0.25) is 0 Å². The first kappa shape index (κ1) is 17.9. The standard InChI is InChI=1S/C20H20N2O3S/c1-4-25-20(24)18-12-14-11-15(7-10-17(14)26-18)21-19(23)13-5-8-16(9-6-13)22(2)3/h5-12H,4H2,1-3H3,(H,21,23). The van der Waals surface area contributed by atoms with Gasteiger partial charge in [0, 0.05) is 35.7 Å². The highest BCUT2D eigenvalue weighted by atomic mass is 32.1. The fraction of sp³-hybridized carbons (Fsp3) is 0.200. The van der Waals surface area contributed by atoms with Crippen molar-refractivity contribution in [3.8, 4) is 0 Å². The molecule has 0 saturated heterocycles. The van der Waals surface area contributed by atoms with Crippen molar-refractivity contribution in [2.75, 3.05) is 30.9 Å². The number of rotatable bonds is 5. The van der Waals surface area contributed by atoms with E-state index in [1.54, 1.807) is 25.1 Å². The number of hydrogen-bond acceptors (Lipinski definition) is 5. The molecule has 3 aromatic rings. The molecule has 1 amide bonds. The molecule has 1 aromatic heterocycles. The van der Waals surface area contributed by atoms with Crippen LogP contribution in [-0.4, -0.2) is 32.6 Å². The van der Waals surface area contributed by atoms with Crippen LogP contribution in [0.1, 0.15) is 27.0 Å². The first-order valence-corrected chi connectivity index (χ1v) is 9.09. The largest absolute Gasteiger partial charge is 0.462 e. The van der Waals surface area contributed by atoms with Gasteiger partial charge in [0.15, 0.2) is 0 Å². The molecule has 5 nitrogen and oxygen atoms in total. The summed E-state index contributed by atoms with van der Waals surface area (Å²) in [4.78, 5) is 26.8. The van der Waals surface area contributed by atoms with E-state index in [1.807, 2.05) is 49.3 Å². The second-order valence-electron chi connectivity index (χ2n) is 5.98. The summed E-state index contributed by atoms with van der Waals surface area (Å²) in [5, 5.41) is 3.80. The number of nitrogens with one attached hydrogen (secondary N) is 1. The molecule has 134 valence electrons.